The minimum atomic E-state index is -0.468. The van der Waals surface area contributed by atoms with E-state index in [9.17, 15) is 14.7 Å². The molecule has 2 aliphatic rings. The van der Waals surface area contributed by atoms with Gasteiger partial charge in [0.25, 0.3) is 5.56 Å². The van der Waals surface area contributed by atoms with E-state index in [-0.39, 0.29) is 29.7 Å². The van der Waals surface area contributed by atoms with Crippen molar-refractivity contribution < 1.29 is 14.6 Å². The van der Waals surface area contributed by atoms with Crippen molar-refractivity contribution in [2.24, 2.45) is 5.41 Å². The van der Waals surface area contributed by atoms with Gasteiger partial charge >= 0.3 is 0 Å². The number of aromatic nitrogens is 2. The number of thioether (sulfide) groups is 1. The van der Waals surface area contributed by atoms with Gasteiger partial charge in [0, 0.05) is 30.8 Å². The number of benzene rings is 1. The van der Waals surface area contributed by atoms with E-state index in [1.165, 1.54) is 17.8 Å². The number of aliphatic hydroxyl groups excluding tert-OH is 1. The first kappa shape index (κ1) is 18.1. The molecule has 0 bridgehead atoms. The van der Waals surface area contributed by atoms with Crippen LogP contribution in [0.5, 0.6) is 5.75 Å². The molecule has 3 heterocycles. The standard InChI is InChI=1S/C19H21N3O4S/c1-12-6-16(24)21-18(20-12)27-8-17(25)22-7-14-13-4-2-3-5-15(13)26-11-19(14,9-22)10-23/h2-6,14,23H,7-11H2,1H3,(H,20,21,24)/t14-,19-/m1/s1. The number of rotatable bonds is 4. The Hall–Kier alpha value is -2.32. The van der Waals surface area contributed by atoms with Crippen LogP contribution >= 0.6 is 11.8 Å². The zero-order valence-electron chi connectivity index (χ0n) is 15.0. The number of carbonyl (C=O) groups excluding carboxylic acids is 1. The first-order valence-electron chi connectivity index (χ1n) is 8.82. The van der Waals surface area contributed by atoms with Gasteiger partial charge in [-0.25, -0.2) is 4.98 Å². The van der Waals surface area contributed by atoms with Crippen LogP contribution in [0.1, 0.15) is 17.2 Å². The number of aromatic amines is 1. The van der Waals surface area contributed by atoms with Crippen LogP contribution in [0.4, 0.5) is 0 Å². The third-order valence-electron chi connectivity index (χ3n) is 5.31. The Morgan fingerprint density at radius 3 is 3.07 bits per heavy atom. The summed E-state index contributed by atoms with van der Waals surface area (Å²) in [5, 5.41) is 10.5. The van der Waals surface area contributed by atoms with Crippen molar-refractivity contribution in [1.82, 2.24) is 14.9 Å². The highest BCUT2D eigenvalue weighted by molar-refractivity contribution is 7.99. The number of fused-ring (bicyclic) bond motifs is 3. The lowest BCUT2D eigenvalue weighted by atomic mass is 9.74. The van der Waals surface area contributed by atoms with Gasteiger partial charge in [-0.15, -0.1) is 0 Å². The number of hydrogen-bond acceptors (Lipinski definition) is 6. The van der Waals surface area contributed by atoms with E-state index in [4.69, 9.17) is 4.74 Å². The highest BCUT2D eigenvalue weighted by atomic mass is 32.2. The minimum Gasteiger partial charge on any atom is -0.493 e. The molecule has 2 atom stereocenters. The van der Waals surface area contributed by atoms with Crippen molar-refractivity contribution in [3.05, 3.63) is 51.9 Å². The fraction of sp³-hybridized carbons (Fsp3) is 0.421. The van der Waals surface area contributed by atoms with Crippen LogP contribution in [0, 0.1) is 12.3 Å². The summed E-state index contributed by atoms with van der Waals surface area (Å²) in [5.74, 6) is 1.03. The summed E-state index contributed by atoms with van der Waals surface area (Å²) in [6.07, 6.45) is 0. The van der Waals surface area contributed by atoms with Gasteiger partial charge < -0.3 is 19.7 Å². The fourth-order valence-electron chi connectivity index (χ4n) is 3.90. The number of H-pyrrole nitrogens is 1. The van der Waals surface area contributed by atoms with Gasteiger partial charge in [0.15, 0.2) is 5.16 Å². The van der Waals surface area contributed by atoms with E-state index in [0.29, 0.717) is 30.5 Å². The summed E-state index contributed by atoms with van der Waals surface area (Å²) in [6, 6.07) is 9.23. The van der Waals surface area contributed by atoms with Gasteiger partial charge in [0.2, 0.25) is 5.91 Å². The number of nitrogens with zero attached hydrogens (tertiary/aromatic N) is 2. The third-order valence-corrected chi connectivity index (χ3v) is 6.16. The molecule has 0 unspecified atom stereocenters. The number of likely N-dealkylation sites (tertiary alicyclic amines) is 1. The second-order valence-corrected chi connectivity index (χ2v) is 8.12. The van der Waals surface area contributed by atoms with Crippen molar-refractivity contribution in [3.63, 3.8) is 0 Å². The Morgan fingerprint density at radius 2 is 2.30 bits per heavy atom. The Labute approximate surface area is 160 Å². The number of ether oxygens (including phenoxy) is 1. The van der Waals surface area contributed by atoms with E-state index in [1.54, 1.807) is 11.8 Å². The number of aryl methyl sites for hydroxylation is 1. The monoisotopic (exact) mass is 387 g/mol. The third kappa shape index (κ3) is 3.35. The van der Waals surface area contributed by atoms with Crippen LogP contribution in [0.25, 0.3) is 0 Å². The summed E-state index contributed by atoms with van der Waals surface area (Å²) in [4.78, 5) is 33.0. The molecule has 1 aromatic heterocycles. The van der Waals surface area contributed by atoms with Crippen LogP contribution in [-0.2, 0) is 4.79 Å². The largest absolute Gasteiger partial charge is 0.493 e. The van der Waals surface area contributed by atoms with Gasteiger partial charge in [-0.05, 0) is 18.6 Å². The number of carbonyl (C=O) groups is 1. The van der Waals surface area contributed by atoms with Gasteiger partial charge in [0.1, 0.15) is 5.75 Å². The Morgan fingerprint density at radius 1 is 1.48 bits per heavy atom. The minimum absolute atomic E-state index is 0.0321. The predicted molar refractivity (Wildman–Crippen MR) is 101 cm³/mol. The van der Waals surface area contributed by atoms with Gasteiger partial charge in [-0.2, -0.15) is 0 Å². The van der Waals surface area contributed by atoms with Gasteiger partial charge in [-0.3, -0.25) is 9.59 Å². The molecule has 8 heteroatoms. The molecule has 1 saturated heterocycles. The molecule has 0 saturated carbocycles. The fourth-order valence-corrected chi connectivity index (χ4v) is 4.73. The lowest BCUT2D eigenvalue weighted by molar-refractivity contribution is -0.127. The van der Waals surface area contributed by atoms with Crippen LogP contribution in [0.15, 0.2) is 40.3 Å². The quantitative estimate of drug-likeness (QED) is 0.604. The molecular weight excluding hydrogens is 366 g/mol. The molecule has 0 radical (unpaired) electrons. The highest BCUT2D eigenvalue weighted by Crippen LogP contribution is 2.49. The Kier molecular flexibility index (Phi) is 4.69. The molecule has 0 aliphatic carbocycles. The number of nitrogens with one attached hydrogen (secondary N) is 1. The van der Waals surface area contributed by atoms with E-state index in [0.717, 1.165) is 11.3 Å². The highest BCUT2D eigenvalue weighted by Gasteiger charge is 2.51. The van der Waals surface area contributed by atoms with Crippen molar-refractivity contribution in [2.75, 3.05) is 32.1 Å². The maximum Gasteiger partial charge on any atom is 0.251 e. The molecule has 1 fully saturated rings. The molecule has 2 N–H and O–H groups in total. The Bertz CT molecular complexity index is 931. The van der Waals surface area contributed by atoms with Gasteiger partial charge in [-0.1, -0.05) is 30.0 Å². The van der Waals surface area contributed by atoms with Crippen molar-refractivity contribution >= 4 is 17.7 Å². The zero-order valence-corrected chi connectivity index (χ0v) is 15.8. The smallest absolute Gasteiger partial charge is 0.251 e. The number of para-hydroxylation sites is 1. The molecule has 0 spiro atoms. The zero-order chi connectivity index (χ0) is 19.0. The maximum absolute atomic E-state index is 12.8. The molecule has 27 heavy (non-hydrogen) atoms. The van der Waals surface area contributed by atoms with Crippen LogP contribution < -0.4 is 10.3 Å². The van der Waals surface area contributed by atoms with E-state index >= 15 is 0 Å². The molecule has 142 valence electrons. The average molecular weight is 387 g/mol. The number of hydrogen-bond donors (Lipinski definition) is 2. The molecule has 1 aromatic carbocycles. The molecule has 1 amide bonds. The Balaban J connectivity index is 1.49. The van der Waals surface area contributed by atoms with Crippen molar-refractivity contribution in [3.8, 4) is 5.75 Å². The first-order chi connectivity index (χ1) is 13.0. The second kappa shape index (κ2) is 7.01. The molecular formula is C19H21N3O4S. The summed E-state index contributed by atoms with van der Waals surface area (Å²) in [6.45, 7) is 3.12. The summed E-state index contributed by atoms with van der Waals surface area (Å²) >= 11 is 1.22. The van der Waals surface area contributed by atoms with Crippen LogP contribution in [0.3, 0.4) is 0 Å². The summed E-state index contributed by atoms with van der Waals surface area (Å²) in [7, 11) is 0. The maximum atomic E-state index is 12.8. The number of amides is 1. The van der Waals surface area contributed by atoms with E-state index < -0.39 is 5.41 Å². The topological polar surface area (TPSA) is 95.5 Å². The SMILES string of the molecule is Cc1cc(=O)[nH]c(SCC(=O)N2C[C@@H]3c4ccccc4OC[C@]3(CO)C2)n1. The first-order valence-corrected chi connectivity index (χ1v) is 9.80. The predicted octanol–water partition coefficient (Wildman–Crippen LogP) is 1.17. The van der Waals surface area contributed by atoms with Crippen molar-refractivity contribution in [2.45, 2.75) is 18.0 Å². The lowest BCUT2D eigenvalue weighted by Crippen LogP contribution is -2.42. The number of aliphatic hydroxyl groups is 1. The lowest BCUT2D eigenvalue weighted by Gasteiger charge is -2.37. The molecule has 4 rings (SSSR count). The van der Waals surface area contributed by atoms with Crippen LogP contribution in [-0.4, -0.2) is 57.9 Å². The summed E-state index contributed by atoms with van der Waals surface area (Å²) in [5.41, 5.74) is 0.974. The molecule has 2 aromatic rings. The van der Waals surface area contributed by atoms with E-state index in [1.807, 2.05) is 24.3 Å². The van der Waals surface area contributed by atoms with Gasteiger partial charge in [0.05, 0.1) is 24.4 Å². The normalized spacial score (nSPS) is 23.5. The molecule has 2 aliphatic heterocycles. The van der Waals surface area contributed by atoms with E-state index in [2.05, 4.69) is 9.97 Å². The summed E-state index contributed by atoms with van der Waals surface area (Å²) < 4.78 is 5.86. The average Bonchev–Trinajstić information content (AvgIpc) is 3.06. The molecule has 7 nitrogen and oxygen atoms in total. The van der Waals surface area contributed by atoms with Crippen LogP contribution in [0.2, 0.25) is 0 Å². The second-order valence-electron chi connectivity index (χ2n) is 7.15. The van der Waals surface area contributed by atoms with Crippen molar-refractivity contribution in [1.29, 1.82) is 0 Å².